The van der Waals surface area contributed by atoms with Gasteiger partial charge in [-0.05, 0) is 55.8 Å². The number of nitrogens with zero attached hydrogens (tertiary/aromatic N) is 3. The molecule has 5 rings (SSSR count). The molecule has 1 aliphatic carbocycles. The van der Waals surface area contributed by atoms with Crippen LogP contribution in [-0.2, 0) is 11.8 Å². The van der Waals surface area contributed by atoms with E-state index in [2.05, 4.69) is 28.6 Å². The number of amides is 1. The number of hydrogen-bond acceptors (Lipinski definition) is 3. The third-order valence-electron chi connectivity index (χ3n) is 6.57. The predicted octanol–water partition coefficient (Wildman–Crippen LogP) is 6.56. The summed E-state index contributed by atoms with van der Waals surface area (Å²) in [6, 6.07) is 14.8. The van der Waals surface area contributed by atoms with Crippen molar-refractivity contribution in [1.29, 1.82) is 0 Å². The van der Waals surface area contributed by atoms with Crippen LogP contribution in [-0.4, -0.2) is 26.6 Å². The fourth-order valence-electron chi connectivity index (χ4n) is 4.73. The molecule has 2 aromatic carbocycles. The van der Waals surface area contributed by atoms with Crippen molar-refractivity contribution >= 4 is 45.5 Å². The average Bonchev–Trinajstić information content (AvgIpc) is 3.25. The molecule has 2 aliphatic rings. The predicted molar refractivity (Wildman–Crippen MR) is 130 cm³/mol. The number of halogens is 1. The van der Waals surface area contributed by atoms with Crippen LogP contribution >= 0.6 is 11.8 Å². The van der Waals surface area contributed by atoms with E-state index in [1.165, 1.54) is 24.2 Å². The van der Waals surface area contributed by atoms with Crippen LogP contribution in [0.3, 0.4) is 0 Å². The first-order chi connectivity index (χ1) is 15.5. The van der Waals surface area contributed by atoms with Gasteiger partial charge in [0.2, 0.25) is 0 Å². The highest BCUT2D eigenvalue weighted by molar-refractivity contribution is 8.18. The van der Waals surface area contributed by atoms with E-state index in [1.54, 1.807) is 18.2 Å². The lowest BCUT2D eigenvalue weighted by Gasteiger charge is -2.30. The maximum absolute atomic E-state index is 14.3. The molecule has 0 N–H and O–H groups in total. The van der Waals surface area contributed by atoms with Crippen molar-refractivity contribution < 1.29 is 9.18 Å². The Hall–Kier alpha value is -2.86. The summed E-state index contributed by atoms with van der Waals surface area (Å²) in [5, 5.41) is 1.70. The number of aryl methyl sites for hydroxylation is 1. The number of fused-ring (bicyclic) bond motifs is 1. The molecule has 164 valence electrons. The molecule has 32 heavy (non-hydrogen) atoms. The number of amidine groups is 1. The Morgan fingerprint density at radius 1 is 1.06 bits per heavy atom. The second kappa shape index (κ2) is 8.58. The second-order valence-electron chi connectivity index (χ2n) is 8.50. The number of benzene rings is 2. The van der Waals surface area contributed by atoms with Crippen molar-refractivity contribution in [2.75, 3.05) is 0 Å². The summed E-state index contributed by atoms with van der Waals surface area (Å²) in [6.07, 6.45) is 7.32. The normalized spacial score (nSPS) is 20.2. The summed E-state index contributed by atoms with van der Waals surface area (Å²) < 4.78 is 16.5. The van der Waals surface area contributed by atoms with Crippen LogP contribution in [0, 0.1) is 12.7 Å². The van der Waals surface area contributed by atoms with Crippen LogP contribution < -0.4 is 0 Å². The highest BCUT2D eigenvalue weighted by Crippen LogP contribution is 2.40. The van der Waals surface area contributed by atoms with Crippen molar-refractivity contribution in [3.63, 3.8) is 0 Å². The van der Waals surface area contributed by atoms with Crippen LogP contribution in [0.15, 0.2) is 58.4 Å². The van der Waals surface area contributed by atoms with Crippen LogP contribution in [0.1, 0.15) is 43.4 Å². The van der Waals surface area contributed by atoms with E-state index in [1.807, 2.05) is 30.2 Å². The number of thioether (sulfide) groups is 1. The topological polar surface area (TPSA) is 37.6 Å². The van der Waals surface area contributed by atoms with E-state index in [0.29, 0.717) is 10.1 Å². The Morgan fingerprint density at radius 2 is 1.78 bits per heavy atom. The Balaban J connectivity index is 1.60. The van der Waals surface area contributed by atoms with Gasteiger partial charge in [-0.3, -0.25) is 9.69 Å². The zero-order valence-electron chi connectivity index (χ0n) is 18.3. The molecule has 0 spiro atoms. The van der Waals surface area contributed by atoms with Gasteiger partial charge in [0, 0.05) is 35.2 Å². The highest BCUT2D eigenvalue weighted by atomic mass is 32.2. The fraction of sp³-hybridized carbons (Fsp3) is 0.308. The molecule has 0 bridgehead atoms. The summed E-state index contributed by atoms with van der Waals surface area (Å²) >= 11 is 1.36. The van der Waals surface area contributed by atoms with Crippen molar-refractivity contribution in [2.24, 2.45) is 12.0 Å². The summed E-state index contributed by atoms with van der Waals surface area (Å²) in [5.41, 5.74) is 3.56. The van der Waals surface area contributed by atoms with Crippen molar-refractivity contribution in [1.82, 2.24) is 9.47 Å². The Bertz CT molecular complexity index is 1250. The molecule has 4 nitrogen and oxygen atoms in total. The van der Waals surface area contributed by atoms with Gasteiger partial charge in [-0.25, -0.2) is 9.38 Å². The van der Waals surface area contributed by atoms with E-state index in [0.717, 1.165) is 47.8 Å². The van der Waals surface area contributed by atoms with E-state index < -0.39 is 0 Å². The molecule has 1 saturated heterocycles. The van der Waals surface area contributed by atoms with Gasteiger partial charge in [-0.1, -0.05) is 49.6 Å². The Labute approximate surface area is 191 Å². The van der Waals surface area contributed by atoms with E-state index in [-0.39, 0.29) is 23.5 Å². The van der Waals surface area contributed by atoms with Gasteiger partial charge in [0.25, 0.3) is 5.91 Å². The molecule has 1 aliphatic heterocycles. The number of carbonyl (C=O) groups is 1. The summed E-state index contributed by atoms with van der Waals surface area (Å²) in [7, 11) is 2.04. The monoisotopic (exact) mass is 447 g/mol. The number of para-hydroxylation sites is 2. The zero-order chi connectivity index (χ0) is 22.2. The van der Waals surface area contributed by atoms with Crippen molar-refractivity contribution in [3.8, 4) is 0 Å². The highest BCUT2D eigenvalue weighted by Gasteiger charge is 2.39. The molecule has 0 radical (unpaired) electrons. The van der Waals surface area contributed by atoms with Crippen LogP contribution in [0.4, 0.5) is 10.1 Å². The van der Waals surface area contributed by atoms with Crippen molar-refractivity contribution in [3.05, 3.63) is 70.5 Å². The number of carbonyl (C=O) groups excluding carboxylic acids is 1. The lowest BCUT2D eigenvalue weighted by atomic mass is 9.94. The number of rotatable bonds is 3. The largest absolute Gasteiger partial charge is 0.347 e. The lowest BCUT2D eigenvalue weighted by molar-refractivity contribution is -0.124. The number of aliphatic imine (C=N–C) groups is 1. The molecule has 1 aromatic heterocycles. The van der Waals surface area contributed by atoms with Crippen LogP contribution in [0.25, 0.3) is 17.0 Å². The third-order valence-corrected chi connectivity index (χ3v) is 7.55. The van der Waals surface area contributed by atoms with E-state index in [4.69, 9.17) is 0 Å². The third kappa shape index (κ3) is 3.66. The van der Waals surface area contributed by atoms with E-state index in [9.17, 15) is 9.18 Å². The quantitative estimate of drug-likeness (QED) is 0.426. The minimum absolute atomic E-state index is 0.0238. The summed E-state index contributed by atoms with van der Waals surface area (Å²) in [6.45, 7) is 2.07. The van der Waals surface area contributed by atoms with Gasteiger partial charge < -0.3 is 4.57 Å². The van der Waals surface area contributed by atoms with Gasteiger partial charge in [-0.2, -0.15) is 0 Å². The molecular weight excluding hydrogens is 421 g/mol. The molecule has 1 amide bonds. The van der Waals surface area contributed by atoms with Gasteiger partial charge in [0.1, 0.15) is 11.5 Å². The summed E-state index contributed by atoms with van der Waals surface area (Å²) in [4.78, 5) is 20.7. The smallest absolute Gasteiger partial charge is 0.267 e. The maximum atomic E-state index is 14.3. The average molecular weight is 448 g/mol. The molecule has 0 atom stereocenters. The van der Waals surface area contributed by atoms with Gasteiger partial charge in [0.15, 0.2) is 5.17 Å². The minimum Gasteiger partial charge on any atom is -0.347 e. The number of aromatic nitrogens is 1. The molecular formula is C26H26FN3OS. The Morgan fingerprint density at radius 3 is 2.56 bits per heavy atom. The van der Waals surface area contributed by atoms with Crippen molar-refractivity contribution in [2.45, 2.75) is 45.1 Å². The first kappa shape index (κ1) is 21.0. The van der Waals surface area contributed by atoms with Crippen LogP contribution in [0.2, 0.25) is 0 Å². The van der Waals surface area contributed by atoms with E-state index >= 15 is 0 Å². The van der Waals surface area contributed by atoms with Gasteiger partial charge in [-0.15, -0.1) is 0 Å². The fourth-order valence-corrected chi connectivity index (χ4v) is 5.77. The SMILES string of the molecule is Cc1c(/C=C2\SC(=Nc3ccccc3F)N(C3CCCCC3)C2=O)c2ccccc2n1C. The number of hydrogen-bond donors (Lipinski definition) is 0. The molecule has 0 unspecified atom stereocenters. The zero-order valence-corrected chi connectivity index (χ0v) is 19.2. The van der Waals surface area contributed by atoms with Gasteiger partial charge >= 0.3 is 0 Å². The Kier molecular flexibility index (Phi) is 5.64. The minimum atomic E-state index is -0.376. The van der Waals surface area contributed by atoms with Gasteiger partial charge in [0.05, 0.1) is 4.91 Å². The molecule has 6 heteroatoms. The maximum Gasteiger partial charge on any atom is 0.267 e. The lowest BCUT2D eigenvalue weighted by Crippen LogP contribution is -2.40. The van der Waals surface area contributed by atoms with Crippen LogP contribution in [0.5, 0.6) is 0 Å². The first-order valence-electron chi connectivity index (χ1n) is 11.1. The molecule has 1 saturated carbocycles. The molecule has 3 aromatic rings. The second-order valence-corrected chi connectivity index (χ2v) is 9.51. The molecule has 2 heterocycles. The first-order valence-corrected chi connectivity index (χ1v) is 12.0. The molecule has 2 fully saturated rings. The standard InChI is InChI=1S/C26H26FN3OS/c1-17-20(19-12-6-9-15-23(19)29(17)2)16-24-25(31)30(18-10-4-3-5-11-18)26(32-24)28-22-14-8-7-13-21(22)27/h6-9,12-16,18H,3-5,10-11H2,1-2H3/b24-16-,28-26?. The summed E-state index contributed by atoms with van der Waals surface area (Å²) in [5.74, 6) is -0.400.